The van der Waals surface area contributed by atoms with Gasteiger partial charge >= 0.3 is 0 Å². The van der Waals surface area contributed by atoms with Gasteiger partial charge in [0.05, 0.1) is 17.6 Å². The van der Waals surface area contributed by atoms with Crippen LogP contribution >= 0.6 is 11.6 Å². The van der Waals surface area contributed by atoms with Crippen LogP contribution in [0, 0.1) is 5.92 Å². The molecular formula is C14H15ClFNO. The van der Waals surface area contributed by atoms with Crippen LogP contribution in [0.1, 0.15) is 24.2 Å². The Labute approximate surface area is 110 Å². The number of para-hydroxylation sites is 1. The van der Waals surface area contributed by atoms with E-state index >= 15 is 0 Å². The van der Waals surface area contributed by atoms with Gasteiger partial charge in [0.2, 0.25) is 0 Å². The topological polar surface area (TPSA) is 22.0 Å². The van der Waals surface area contributed by atoms with Gasteiger partial charge in [-0.05, 0) is 6.07 Å². The van der Waals surface area contributed by atoms with Gasteiger partial charge in [-0.2, -0.15) is 0 Å². The minimum atomic E-state index is -0.506. The molecule has 2 aromatic rings. The van der Waals surface area contributed by atoms with Gasteiger partial charge < -0.3 is 4.57 Å². The molecule has 0 saturated carbocycles. The van der Waals surface area contributed by atoms with Crippen molar-refractivity contribution in [1.82, 2.24) is 4.57 Å². The summed E-state index contributed by atoms with van der Waals surface area (Å²) in [4.78, 5) is 12.2. The van der Waals surface area contributed by atoms with Crippen LogP contribution in [0.15, 0.2) is 24.3 Å². The molecule has 0 spiro atoms. The molecule has 1 heterocycles. The van der Waals surface area contributed by atoms with E-state index in [4.69, 9.17) is 11.6 Å². The lowest BCUT2D eigenvalue weighted by atomic mass is 10.0. The average Bonchev–Trinajstić information content (AvgIpc) is 2.62. The number of rotatable bonds is 4. The number of aryl methyl sites for hydroxylation is 1. The molecule has 4 heteroatoms. The third-order valence-corrected chi connectivity index (χ3v) is 3.38. The number of Topliss-reactive ketones (excluding diaryl/α,β-unsaturated/α-hetero) is 1. The van der Waals surface area contributed by atoms with Gasteiger partial charge in [-0.25, -0.2) is 4.39 Å². The molecule has 2 nitrogen and oxygen atoms in total. The van der Waals surface area contributed by atoms with E-state index < -0.39 is 6.67 Å². The Balaban J connectivity index is 2.73. The van der Waals surface area contributed by atoms with Crippen LogP contribution in [0.4, 0.5) is 4.39 Å². The van der Waals surface area contributed by atoms with Gasteiger partial charge in [-0.1, -0.05) is 43.6 Å². The minimum Gasteiger partial charge on any atom is -0.328 e. The van der Waals surface area contributed by atoms with Gasteiger partial charge in [0.1, 0.15) is 11.8 Å². The van der Waals surface area contributed by atoms with E-state index in [-0.39, 0.29) is 18.2 Å². The van der Waals surface area contributed by atoms with Crippen LogP contribution in [0.25, 0.3) is 10.9 Å². The van der Waals surface area contributed by atoms with Crippen molar-refractivity contribution < 1.29 is 9.18 Å². The van der Waals surface area contributed by atoms with Gasteiger partial charge in [-0.15, -0.1) is 0 Å². The summed E-state index contributed by atoms with van der Waals surface area (Å²) in [7, 11) is 0. The van der Waals surface area contributed by atoms with E-state index in [2.05, 4.69) is 0 Å². The van der Waals surface area contributed by atoms with Crippen molar-refractivity contribution >= 4 is 28.3 Å². The Bertz CT molecular complexity index is 589. The van der Waals surface area contributed by atoms with Gasteiger partial charge in [0.15, 0.2) is 5.78 Å². The molecule has 0 fully saturated rings. The summed E-state index contributed by atoms with van der Waals surface area (Å²) in [5.74, 6) is -0.138. The van der Waals surface area contributed by atoms with E-state index in [9.17, 15) is 9.18 Å². The maximum atomic E-state index is 12.6. The fraction of sp³-hybridized carbons (Fsp3) is 0.357. The van der Waals surface area contributed by atoms with E-state index in [1.165, 1.54) is 0 Å². The fourth-order valence-electron chi connectivity index (χ4n) is 2.10. The number of carbonyl (C=O) groups is 1. The zero-order valence-electron chi connectivity index (χ0n) is 10.4. The summed E-state index contributed by atoms with van der Waals surface area (Å²) < 4.78 is 14.3. The molecule has 2 rings (SSSR count). The van der Waals surface area contributed by atoms with Crippen LogP contribution in [0.2, 0.25) is 5.15 Å². The first-order valence-corrected chi connectivity index (χ1v) is 6.32. The molecule has 0 radical (unpaired) electrons. The van der Waals surface area contributed by atoms with Crippen LogP contribution < -0.4 is 0 Å². The molecule has 0 aliphatic rings. The summed E-state index contributed by atoms with van der Waals surface area (Å²) in [5.41, 5.74) is 1.32. The molecule has 96 valence electrons. The smallest absolute Gasteiger partial charge is 0.169 e. The maximum absolute atomic E-state index is 12.6. The lowest BCUT2D eigenvalue weighted by molar-refractivity contribution is 0.0941. The largest absolute Gasteiger partial charge is 0.328 e. The predicted octanol–water partition coefficient (Wildman–Crippen LogP) is 4.10. The van der Waals surface area contributed by atoms with Crippen molar-refractivity contribution in [3.63, 3.8) is 0 Å². The summed E-state index contributed by atoms with van der Waals surface area (Å²) in [6.07, 6.45) is 0. The fourth-order valence-corrected chi connectivity index (χ4v) is 2.47. The molecule has 0 atom stereocenters. The molecule has 1 aromatic carbocycles. The van der Waals surface area contributed by atoms with Crippen LogP contribution in [0.3, 0.4) is 0 Å². The second-order valence-corrected chi connectivity index (χ2v) is 4.90. The third-order valence-electron chi connectivity index (χ3n) is 2.99. The van der Waals surface area contributed by atoms with Crippen molar-refractivity contribution in [2.75, 3.05) is 6.67 Å². The highest BCUT2D eigenvalue weighted by molar-refractivity contribution is 6.35. The Kier molecular flexibility index (Phi) is 3.71. The summed E-state index contributed by atoms with van der Waals surface area (Å²) >= 11 is 6.25. The van der Waals surface area contributed by atoms with Crippen LogP contribution in [-0.4, -0.2) is 17.0 Å². The SMILES string of the molecule is CC(C)C(=O)c1c(Cl)n(CCF)c2ccccc12. The highest BCUT2D eigenvalue weighted by Crippen LogP contribution is 2.31. The number of carbonyl (C=O) groups excluding carboxylic acids is 1. The number of aromatic nitrogens is 1. The number of halogens is 2. The maximum Gasteiger partial charge on any atom is 0.169 e. The van der Waals surface area contributed by atoms with Crippen molar-refractivity contribution in [3.05, 3.63) is 35.0 Å². The first-order chi connectivity index (χ1) is 8.57. The highest BCUT2D eigenvalue weighted by Gasteiger charge is 2.22. The average molecular weight is 268 g/mol. The molecule has 0 amide bonds. The van der Waals surface area contributed by atoms with Crippen molar-refractivity contribution in [2.45, 2.75) is 20.4 Å². The lowest BCUT2D eigenvalue weighted by Gasteiger charge is -2.05. The van der Waals surface area contributed by atoms with Gasteiger partial charge in [0.25, 0.3) is 0 Å². The van der Waals surface area contributed by atoms with Crippen molar-refractivity contribution in [3.8, 4) is 0 Å². The highest BCUT2D eigenvalue weighted by atomic mass is 35.5. The second kappa shape index (κ2) is 5.11. The van der Waals surface area contributed by atoms with Gasteiger partial charge in [0, 0.05) is 11.3 Å². The summed E-state index contributed by atoms with van der Waals surface area (Å²) in [6, 6.07) is 7.42. The van der Waals surface area contributed by atoms with E-state index in [0.717, 1.165) is 10.9 Å². The minimum absolute atomic E-state index is 0.00573. The Morgan fingerprint density at radius 1 is 1.39 bits per heavy atom. The van der Waals surface area contributed by atoms with Crippen LogP contribution in [0.5, 0.6) is 0 Å². The standard InChI is InChI=1S/C14H15ClFNO/c1-9(2)13(18)12-10-5-3-4-6-11(10)17(8-7-16)14(12)15/h3-6,9H,7-8H2,1-2H3. The van der Waals surface area contributed by atoms with Crippen molar-refractivity contribution in [2.24, 2.45) is 5.92 Å². The second-order valence-electron chi connectivity index (χ2n) is 4.54. The number of nitrogens with zero attached hydrogens (tertiary/aromatic N) is 1. The number of hydrogen-bond acceptors (Lipinski definition) is 1. The number of ketones is 1. The van der Waals surface area contributed by atoms with Gasteiger partial charge in [-0.3, -0.25) is 4.79 Å². The molecule has 0 saturated heterocycles. The molecule has 0 N–H and O–H groups in total. The number of hydrogen-bond donors (Lipinski definition) is 0. The predicted molar refractivity (Wildman–Crippen MR) is 72.1 cm³/mol. The third kappa shape index (κ3) is 2.03. The number of alkyl halides is 1. The zero-order valence-corrected chi connectivity index (χ0v) is 11.2. The van der Waals surface area contributed by atoms with Crippen LogP contribution in [-0.2, 0) is 6.54 Å². The number of fused-ring (bicyclic) bond motifs is 1. The Morgan fingerprint density at radius 3 is 2.67 bits per heavy atom. The monoisotopic (exact) mass is 267 g/mol. The molecule has 0 unspecified atom stereocenters. The molecule has 0 aliphatic carbocycles. The van der Waals surface area contributed by atoms with Crippen molar-refractivity contribution in [1.29, 1.82) is 0 Å². The molecule has 18 heavy (non-hydrogen) atoms. The first-order valence-electron chi connectivity index (χ1n) is 5.94. The Morgan fingerprint density at radius 2 is 2.06 bits per heavy atom. The zero-order chi connectivity index (χ0) is 13.3. The summed E-state index contributed by atoms with van der Waals surface area (Å²) in [5, 5.41) is 1.14. The quantitative estimate of drug-likeness (QED) is 0.765. The normalized spacial score (nSPS) is 11.4. The lowest BCUT2D eigenvalue weighted by Crippen LogP contribution is -2.08. The van der Waals surface area contributed by atoms with E-state index in [1.807, 2.05) is 38.1 Å². The number of benzene rings is 1. The molecule has 0 aliphatic heterocycles. The Hall–Kier alpha value is -1.35. The van der Waals surface area contributed by atoms with E-state index in [1.54, 1.807) is 4.57 Å². The van der Waals surface area contributed by atoms with E-state index in [0.29, 0.717) is 10.7 Å². The molecular weight excluding hydrogens is 253 g/mol. The molecule has 1 aromatic heterocycles. The molecule has 0 bridgehead atoms. The summed E-state index contributed by atoms with van der Waals surface area (Å²) in [6.45, 7) is 3.33. The first kappa shape index (κ1) is 13.1.